The van der Waals surface area contributed by atoms with E-state index >= 15 is 0 Å². The summed E-state index contributed by atoms with van der Waals surface area (Å²) in [5, 5.41) is 10.4. The SMILES string of the molecule is CCCC(CCC)C(O)Cc1cc(C)cc(C)c1. The number of hydrogen-bond donors (Lipinski definition) is 1. The van der Waals surface area contributed by atoms with Crippen molar-refractivity contribution in [2.75, 3.05) is 0 Å². The third-order valence-electron chi connectivity index (χ3n) is 3.59. The van der Waals surface area contributed by atoms with Gasteiger partial charge < -0.3 is 5.11 Å². The van der Waals surface area contributed by atoms with Crippen LogP contribution in [0, 0.1) is 19.8 Å². The standard InChI is InChI=1S/C17H28O/c1-5-7-16(8-6-2)17(18)12-15-10-13(3)9-14(4)11-15/h9-11,16-18H,5-8,12H2,1-4H3. The van der Waals surface area contributed by atoms with Gasteiger partial charge in [0, 0.05) is 0 Å². The van der Waals surface area contributed by atoms with Crippen LogP contribution in [0.2, 0.25) is 0 Å². The minimum atomic E-state index is -0.189. The molecule has 0 saturated carbocycles. The molecule has 1 heteroatoms. The fourth-order valence-electron chi connectivity index (χ4n) is 2.87. The van der Waals surface area contributed by atoms with Gasteiger partial charge in [-0.1, -0.05) is 56.0 Å². The van der Waals surface area contributed by atoms with Crippen molar-refractivity contribution in [3.63, 3.8) is 0 Å². The van der Waals surface area contributed by atoms with E-state index in [0.717, 1.165) is 32.1 Å². The first-order chi connectivity index (χ1) is 8.56. The third-order valence-corrected chi connectivity index (χ3v) is 3.59. The predicted octanol–water partition coefficient (Wildman–Crippen LogP) is 4.42. The molecule has 1 atom stereocenters. The van der Waals surface area contributed by atoms with Crippen LogP contribution >= 0.6 is 0 Å². The lowest BCUT2D eigenvalue weighted by Crippen LogP contribution is -2.23. The molecule has 0 radical (unpaired) electrons. The van der Waals surface area contributed by atoms with E-state index in [1.165, 1.54) is 16.7 Å². The number of aryl methyl sites for hydroxylation is 2. The van der Waals surface area contributed by atoms with Gasteiger partial charge in [-0.15, -0.1) is 0 Å². The Morgan fingerprint density at radius 2 is 1.44 bits per heavy atom. The summed E-state index contributed by atoms with van der Waals surface area (Å²) in [6.45, 7) is 8.65. The predicted molar refractivity (Wildman–Crippen MR) is 78.9 cm³/mol. The van der Waals surface area contributed by atoms with Crippen molar-refractivity contribution in [3.05, 3.63) is 34.9 Å². The zero-order valence-corrected chi connectivity index (χ0v) is 12.4. The molecule has 0 amide bonds. The van der Waals surface area contributed by atoms with Gasteiger partial charge in [0.25, 0.3) is 0 Å². The van der Waals surface area contributed by atoms with Crippen LogP contribution in [0.5, 0.6) is 0 Å². The normalized spacial score (nSPS) is 13.0. The first-order valence-electron chi connectivity index (χ1n) is 7.32. The fraction of sp³-hybridized carbons (Fsp3) is 0.647. The zero-order valence-electron chi connectivity index (χ0n) is 12.4. The summed E-state index contributed by atoms with van der Waals surface area (Å²) in [5.41, 5.74) is 3.86. The van der Waals surface area contributed by atoms with Gasteiger partial charge >= 0.3 is 0 Å². The van der Waals surface area contributed by atoms with Gasteiger partial charge in [0.15, 0.2) is 0 Å². The molecule has 1 unspecified atom stereocenters. The summed E-state index contributed by atoms with van der Waals surface area (Å²) >= 11 is 0. The molecule has 0 saturated heterocycles. The second-order valence-electron chi connectivity index (χ2n) is 5.60. The molecule has 0 aliphatic rings. The van der Waals surface area contributed by atoms with Crippen molar-refractivity contribution in [1.29, 1.82) is 0 Å². The van der Waals surface area contributed by atoms with Crippen molar-refractivity contribution in [2.24, 2.45) is 5.92 Å². The summed E-state index contributed by atoms with van der Waals surface area (Å²) in [6, 6.07) is 6.59. The van der Waals surface area contributed by atoms with Crippen LogP contribution in [-0.4, -0.2) is 11.2 Å². The highest BCUT2D eigenvalue weighted by Gasteiger charge is 2.18. The highest BCUT2D eigenvalue weighted by atomic mass is 16.3. The molecule has 1 N–H and O–H groups in total. The minimum Gasteiger partial charge on any atom is -0.392 e. The lowest BCUT2D eigenvalue weighted by atomic mass is 9.88. The molecule has 1 aromatic rings. The van der Waals surface area contributed by atoms with E-state index < -0.39 is 0 Å². The molecule has 0 aromatic heterocycles. The van der Waals surface area contributed by atoms with Gasteiger partial charge in [0.1, 0.15) is 0 Å². The molecule has 102 valence electrons. The van der Waals surface area contributed by atoms with Gasteiger partial charge in [-0.25, -0.2) is 0 Å². The molecule has 1 rings (SSSR count). The van der Waals surface area contributed by atoms with Gasteiger partial charge in [-0.3, -0.25) is 0 Å². The summed E-state index contributed by atoms with van der Waals surface area (Å²) in [4.78, 5) is 0. The number of hydrogen-bond acceptors (Lipinski definition) is 1. The van der Waals surface area contributed by atoms with Crippen LogP contribution in [0.3, 0.4) is 0 Å². The molecule has 0 aliphatic carbocycles. The maximum absolute atomic E-state index is 10.4. The van der Waals surface area contributed by atoms with Crippen LogP contribution in [0.4, 0.5) is 0 Å². The van der Waals surface area contributed by atoms with E-state index in [1.54, 1.807) is 0 Å². The summed E-state index contributed by atoms with van der Waals surface area (Å²) in [7, 11) is 0. The average Bonchev–Trinajstić information content (AvgIpc) is 2.27. The molecular weight excluding hydrogens is 220 g/mol. The highest BCUT2D eigenvalue weighted by Crippen LogP contribution is 2.21. The monoisotopic (exact) mass is 248 g/mol. The number of aliphatic hydroxyl groups is 1. The Bertz CT molecular complexity index is 330. The van der Waals surface area contributed by atoms with Crippen LogP contribution < -0.4 is 0 Å². The molecule has 0 spiro atoms. The summed E-state index contributed by atoms with van der Waals surface area (Å²) in [6.07, 6.45) is 5.21. The van der Waals surface area contributed by atoms with Crippen molar-refractivity contribution in [3.8, 4) is 0 Å². The molecule has 18 heavy (non-hydrogen) atoms. The molecule has 0 aliphatic heterocycles. The van der Waals surface area contributed by atoms with Crippen LogP contribution in [0.1, 0.15) is 56.2 Å². The maximum Gasteiger partial charge on any atom is 0.0608 e. The summed E-state index contributed by atoms with van der Waals surface area (Å²) in [5.74, 6) is 0.459. The Hall–Kier alpha value is -0.820. The van der Waals surface area contributed by atoms with Crippen molar-refractivity contribution in [2.45, 2.75) is 65.9 Å². The van der Waals surface area contributed by atoms with E-state index in [-0.39, 0.29) is 6.10 Å². The Labute approximate surface area is 112 Å². The molecular formula is C17H28O. The molecule has 0 fully saturated rings. The van der Waals surface area contributed by atoms with Gasteiger partial charge in [-0.2, -0.15) is 0 Å². The van der Waals surface area contributed by atoms with Crippen LogP contribution in [0.15, 0.2) is 18.2 Å². The topological polar surface area (TPSA) is 20.2 Å². The second-order valence-corrected chi connectivity index (χ2v) is 5.60. The molecule has 0 heterocycles. The number of aliphatic hydroxyl groups excluding tert-OH is 1. The van der Waals surface area contributed by atoms with Crippen molar-refractivity contribution < 1.29 is 5.11 Å². The van der Waals surface area contributed by atoms with Gasteiger partial charge in [0.05, 0.1) is 6.10 Å². The van der Waals surface area contributed by atoms with E-state index in [2.05, 4.69) is 45.9 Å². The Balaban J connectivity index is 2.68. The first-order valence-corrected chi connectivity index (χ1v) is 7.32. The Kier molecular flexibility index (Phi) is 6.42. The lowest BCUT2D eigenvalue weighted by Gasteiger charge is -2.22. The van der Waals surface area contributed by atoms with E-state index in [9.17, 15) is 5.11 Å². The van der Waals surface area contributed by atoms with E-state index in [4.69, 9.17) is 0 Å². The quantitative estimate of drug-likeness (QED) is 0.757. The smallest absolute Gasteiger partial charge is 0.0608 e. The second kappa shape index (κ2) is 7.58. The van der Waals surface area contributed by atoms with Gasteiger partial charge in [0.2, 0.25) is 0 Å². The Morgan fingerprint density at radius 1 is 0.944 bits per heavy atom. The zero-order chi connectivity index (χ0) is 13.5. The minimum absolute atomic E-state index is 0.189. The molecule has 1 nitrogen and oxygen atoms in total. The van der Waals surface area contributed by atoms with Crippen molar-refractivity contribution in [1.82, 2.24) is 0 Å². The molecule has 1 aromatic carbocycles. The third kappa shape index (κ3) is 4.81. The number of benzene rings is 1. The van der Waals surface area contributed by atoms with E-state index in [0.29, 0.717) is 5.92 Å². The number of rotatable bonds is 7. The van der Waals surface area contributed by atoms with Gasteiger partial charge in [-0.05, 0) is 44.6 Å². The van der Waals surface area contributed by atoms with E-state index in [1.807, 2.05) is 0 Å². The first kappa shape index (κ1) is 15.2. The largest absolute Gasteiger partial charge is 0.392 e. The average molecular weight is 248 g/mol. The van der Waals surface area contributed by atoms with Crippen molar-refractivity contribution >= 4 is 0 Å². The summed E-state index contributed by atoms with van der Waals surface area (Å²) < 4.78 is 0. The van der Waals surface area contributed by atoms with Crippen LogP contribution in [0.25, 0.3) is 0 Å². The molecule has 0 bridgehead atoms. The maximum atomic E-state index is 10.4. The lowest BCUT2D eigenvalue weighted by molar-refractivity contribution is 0.0963. The Morgan fingerprint density at radius 3 is 1.89 bits per heavy atom. The van der Waals surface area contributed by atoms with Crippen LogP contribution in [-0.2, 0) is 6.42 Å². The fourth-order valence-corrected chi connectivity index (χ4v) is 2.87. The highest BCUT2D eigenvalue weighted by molar-refractivity contribution is 5.29.